The highest BCUT2D eigenvalue weighted by Gasteiger charge is 2.13. The van der Waals surface area contributed by atoms with E-state index in [9.17, 15) is 0 Å². The molecule has 1 rings (SSSR count). The van der Waals surface area contributed by atoms with E-state index in [0.29, 0.717) is 6.04 Å². The summed E-state index contributed by atoms with van der Waals surface area (Å²) in [5, 5.41) is 13.0. The number of rotatable bonds is 11. The van der Waals surface area contributed by atoms with Gasteiger partial charge in [-0.25, -0.2) is 0 Å². The zero-order chi connectivity index (χ0) is 15.5. The van der Waals surface area contributed by atoms with Crippen LogP contribution in [0.4, 0.5) is 0 Å². The Kier molecular flexibility index (Phi) is 9.55. The van der Waals surface area contributed by atoms with E-state index in [2.05, 4.69) is 38.2 Å². The van der Waals surface area contributed by atoms with E-state index in [1.54, 1.807) is 11.8 Å². The second-order valence-electron chi connectivity index (χ2n) is 5.25. The lowest BCUT2D eigenvalue weighted by molar-refractivity contribution is 0.300. The van der Waals surface area contributed by atoms with Crippen LogP contribution in [0.25, 0.3) is 0 Å². The summed E-state index contributed by atoms with van der Waals surface area (Å²) in [5.41, 5.74) is 1.28. The van der Waals surface area contributed by atoms with Crippen molar-refractivity contribution >= 4 is 11.8 Å². The Hall–Kier alpha value is -0.710. The third-order valence-electron chi connectivity index (χ3n) is 3.20. The van der Waals surface area contributed by atoms with Crippen LogP contribution in [0.1, 0.15) is 45.2 Å². The molecule has 4 heteroatoms. The number of thioether (sulfide) groups is 1. The summed E-state index contributed by atoms with van der Waals surface area (Å²) in [5.74, 6) is 1.91. The van der Waals surface area contributed by atoms with E-state index in [1.165, 1.54) is 5.56 Å². The van der Waals surface area contributed by atoms with Crippen LogP contribution in [0.5, 0.6) is 5.75 Å². The Bertz CT molecular complexity index is 370. The van der Waals surface area contributed by atoms with Crippen LogP contribution in [0, 0.1) is 0 Å². The van der Waals surface area contributed by atoms with Gasteiger partial charge in [-0.15, -0.1) is 0 Å². The van der Waals surface area contributed by atoms with Gasteiger partial charge in [-0.3, -0.25) is 0 Å². The molecule has 0 spiro atoms. The maximum Gasteiger partial charge on any atom is 0.119 e. The molecule has 0 aliphatic heterocycles. The standard InChI is InChI=1S/C17H29NO2S/c1-4-10-18-17(13-21-14(3)12-19)15-6-8-16(9-7-15)20-11-5-2/h6-9,14,17-19H,4-5,10-13H2,1-3H3. The van der Waals surface area contributed by atoms with Crippen molar-refractivity contribution < 1.29 is 9.84 Å². The molecule has 1 aromatic rings. The van der Waals surface area contributed by atoms with Gasteiger partial charge in [0.15, 0.2) is 0 Å². The molecule has 0 aliphatic rings. The van der Waals surface area contributed by atoms with Gasteiger partial charge in [-0.05, 0) is 37.1 Å². The minimum atomic E-state index is 0.231. The average Bonchev–Trinajstić information content (AvgIpc) is 2.53. The first kappa shape index (κ1) is 18.3. The van der Waals surface area contributed by atoms with E-state index >= 15 is 0 Å². The Morgan fingerprint density at radius 2 is 1.90 bits per heavy atom. The molecule has 2 unspecified atom stereocenters. The molecule has 0 saturated heterocycles. The van der Waals surface area contributed by atoms with E-state index < -0.39 is 0 Å². The molecule has 2 atom stereocenters. The number of hydrogen-bond acceptors (Lipinski definition) is 4. The first-order valence-corrected chi connectivity index (χ1v) is 8.94. The van der Waals surface area contributed by atoms with Crippen molar-refractivity contribution in [2.45, 2.75) is 44.9 Å². The smallest absolute Gasteiger partial charge is 0.119 e. The van der Waals surface area contributed by atoms with Gasteiger partial charge in [-0.2, -0.15) is 11.8 Å². The molecule has 120 valence electrons. The number of hydrogen-bond donors (Lipinski definition) is 2. The molecule has 0 aliphatic carbocycles. The number of aliphatic hydroxyl groups excluding tert-OH is 1. The molecule has 1 aromatic carbocycles. The van der Waals surface area contributed by atoms with Crippen molar-refractivity contribution in [1.29, 1.82) is 0 Å². The van der Waals surface area contributed by atoms with Crippen LogP contribution in [0.3, 0.4) is 0 Å². The van der Waals surface area contributed by atoms with Crippen LogP contribution in [-0.2, 0) is 0 Å². The van der Waals surface area contributed by atoms with Crippen LogP contribution in [0.2, 0.25) is 0 Å². The van der Waals surface area contributed by atoms with Crippen molar-refractivity contribution in [3.05, 3.63) is 29.8 Å². The lowest BCUT2D eigenvalue weighted by atomic mass is 10.1. The van der Waals surface area contributed by atoms with Crippen LogP contribution in [-0.4, -0.2) is 35.9 Å². The first-order chi connectivity index (χ1) is 10.2. The second-order valence-corrected chi connectivity index (χ2v) is 6.72. The Labute approximate surface area is 133 Å². The van der Waals surface area contributed by atoms with E-state index in [0.717, 1.165) is 37.5 Å². The average molecular weight is 311 g/mol. The lowest BCUT2D eigenvalue weighted by Gasteiger charge is -2.20. The van der Waals surface area contributed by atoms with Crippen molar-refractivity contribution in [3.63, 3.8) is 0 Å². The van der Waals surface area contributed by atoms with E-state index in [-0.39, 0.29) is 11.9 Å². The van der Waals surface area contributed by atoms with Crippen molar-refractivity contribution in [2.24, 2.45) is 0 Å². The molecule has 0 amide bonds. The first-order valence-electron chi connectivity index (χ1n) is 7.89. The number of nitrogens with one attached hydrogen (secondary N) is 1. The minimum Gasteiger partial charge on any atom is -0.494 e. The summed E-state index contributed by atoms with van der Waals surface area (Å²) in [6.07, 6.45) is 2.15. The highest BCUT2D eigenvalue weighted by molar-refractivity contribution is 7.99. The Morgan fingerprint density at radius 3 is 2.48 bits per heavy atom. The Balaban J connectivity index is 2.63. The molecule has 0 bridgehead atoms. The maximum atomic E-state index is 9.16. The van der Waals surface area contributed by atoms with E-state index in [1.807, 2.05) is 12.1 Å². The molecule has 3 nitrogen and oxygen atoms in total. The van der Waals surface area contributed by atoms with Crippen LogP contribution in [0.15, 0.2) is 24.3 Å². The molecule has 0 radical (unpaired) electrons. The molecule has 0 saturated carbocycles. The predicted octanol–water partition coefficient (Wildman–Crippen LogP) is 3.63. The topological polar surface area (TPSA) is 41.5 Å². The maximum absolute atomic E-state index is 9.16. The summed E-state index contributed by atoms with van der Waals surface area (Å²) in [6.45, 7) is 8.35. The summed E-state index contributed by atoms with van der Waals surface area (Å²) in [4.78, 5) is 0. The normalized spacial score (nSPS) is 13.9. The van der Waals surface area contributed by atoms with Gasteiger partial charge in [0.2, 0.25) is 0 Å². The number of aliphatic hydroxyl groups is 1. The molecule has 21 heavy (non-hydrogen) atoms. The Morgan fingerprint density at radius 1 is 1.19 bits per heavy atom. The molecule has 0 fully saturated rings. The summed E-state index contributed by atoms with van der Waals surface area (Å²) < 4.78 is 5.63. The van der Waals surface area contributed by atoms with Crippen molar-refractivity contribution in [1.82, 2.24) is 5.32 Å². The fourth-order valence-corrected chi connectivity index (χ4v) is 2.86. The minimum absolute atomic E-state index is 0.231. The summed E-state index contributed by atoms with van der Waals surface area (Å²) in [7, 11) is 0. The van der Waals surface area contributed by atoms with E-state index in [4.69, 9.17) is 9.84 Å². The summed E-state index contributed by atoms with van der Waals surface area (Å²) in [6, 6.07) is 8.70. The van der Waals surface area contributed by atoms with Gasteiger partial charge < -0.3 is 15.2 Å². The van der Waals surface area contributed by atoms with Gasteiger partial charge in [0, 0.05) is 17.0 Å². The summed E-state index contributed by atoms with van der Waals surface area (Å²) >= 11 is 1.80. The second kappa shape index (κ2) is 10.9. The molecular weight excluding hydrogens is 282 g/mol. The van der Waals surface area contributed by atoms with Gasteiger partial charge >= 0.3 is 0 Å². The van der Waals surface area contributed by atoms with Crippen LogP contribution < -0.4 is 10.1 Å². The van der Waals surface area contributed by atoms with Gasteiger partial charge in [0.1, 0.15) is 5.75 Å². The monoisotopic (exact) mass is 311 g/mol. The van der Waals surface area contributed by atoms with Gasteiger partial charge in [0.25, 0.3) is 0 Å². The lowest BCUT2D eigenvalue weighted by Crippen LogP contribution is -2.25. The molecule has 2 N–H and O–H groups in total. The van der Waals surface area contributed by atoms with Crippen molar-refractivity contribution in [3.8, 4) is 5.75 Å². The highest BCUT2D eigenvalue weighted by Crippen LogP contribution is 2.23. The fraction of sp³-hybridized carbons (Fsp3) is 0.647. The van der Waals surface area contributed by atoms with Crippen LogP contribution >= 0.6 is 11.8 Å². The van der Waals surface area contributed by atoms with Gasteiger partial charge in [0.05, 0.1) is 13.2 Å². The number of benzene rings is 1. The molecular formula is C17H29NO2S. The molecule has 0 aromatic heterocycles. The zero-order valence-corrected chi connectivity index (χ0v) is 14.3. The SMILES string of the molecule is CCCNC(CSC(C)CO)c1ccc(OCCC)cc1. The van der Waals surface area contributed by atoms with Crippen molar-refractivity contribution in [2.75, 3.05) is 25.5 Å². The highest BCUT2D eigenvalue weighted by atomic mass is 32.2. The third-order valence-corrected chi connectivity index (χ3v) is 4.44. The third kappa shape index (κ3) is 7.21. The molecule has 0 heterocycles. The fourth-order valence-electron chi connectivity index (χ4n) is 1.92. The quantitative estimate of drug-likeness (QED) is 0.655. The number of ether oxygens (including phenoxy) is 1. The van der Waals surface area contributed by atoms with Gasteiger partial charge in [-0.1, -0.05) is 32.9 Å². The zero-order valence-electron chi connectivity index (χ0n) is 13.5. The predicted molar refractivity (Wildman–Crippen MR) is 92.3 cm³/mol. The largest absolute Gasteiger partial charge is 0.494 e.